The van der Waals surface area contributed by atoms with Crippen LogP contribution in [0.4, 0.5) is 0 Å². The van der Waals surface area contributed by atoms with Crippen molar-refractivity contribution < 1.29 is 9.21 Å². The number of hydrogen-bond donors (Lipinski definition) is 1. The Morgan fingerprint density at radius 1 is 1.46 bits per heavy atom. The van der Waals surface area contributed by atoms with Crippen molar-refractivity contribution >= 4 is 17.5 Å². The van der Waals surface area contributed by atoms with Crippen molar-refractivity contribution in [2.24, 2.45) is 17.8 Å². The van der Waals surface area contributed by atoms with Gasteiger partial charge in [-0.2, -0.15) is 5.10 Å². The first-order valence-electron chi connectivity index (χ1n) is 8.66. The molecule has 5 nitrogen and oxygen atoms in total. The van der Waals surface area contributed by atoms with Crippen molar-refractivity contribution in [2.75, 3.05) is 0 Å². The van der Waals surface area contributed by atoms with E-state index in [-0.39, 0.29) is 11.9 Å². The van der Waals surface area contributed by atoms with Crippen LogP contribution >= 0.6 is 11.6 Å². The first kappa shape index (κ1) is 15.8. The third kappa shape index (κ3) is 3.09. The van der Waals surface area contributed by atoms with Crippen LogP contribution < -0.4 is 5.32 Å². The Morgan fingerprint density at radius 2 is 2.33 bits per heavy atom. The Kier molecular flexibility index (Phi) is 4.12. The van der Waals surface area contributed by atoms with Crippen molar-refractivity contribution in [1.29, 1.82) is 0 Å². The second-order valence-corrected chi connectivity index (χ2v) is 7.66. The molecule has 1 amide bonds. The van der Waals surface area contributed by atoms with Gasteiger partial charge in [0, 0.05) is 12.2 Å². The molecule has 4 rings (SSSR count). The number of nitrogens with one attached hydrogen (secondary N) is 1. The third-order valence-corrected chi connectivity index (χ3v) is 5.79. The second kappa shape index (κ2) is 6.28. The van der Waals surface area contributed by atoms with Crippen LogP contribution in [0.3, 0.4) is 0 Å². The Morgan fingerprint density at radius 3 is 3.00 bits per heavy atom. The molecule has 0 aliphatic heterocycles. The number of rotatable bonds is 5. The van der Waals surface area contributed by atoms with Crippen molar-refractivity contribution in [2.45, 2.75) is 45.2 Å². The molecule has 0 aromatic carbocycles. The Bertz CT molecular complexity index is 738. The van der Waals surface area contributed by atoms with Crippen LogP contribution in [-0.2, 0) is 6.54 Å². The number of furan rings is 1. The van der Waals surface area contributed by atoms with Crippen LogP contribution in [0.15, 0.2) is 28.9 Å². The Balaban J connectivity index is 1.36. The van der Waals surface area contributed by atoms with Gasteiger partial charge in [-0.3, -0.25) is 9.48 Å². The molecule has 4 atom stereocenters. The summed E-state index contributed by atoms with van der Waals surface area (Å²) in [4.78, 5) is 12.4. The lowest BCUT2D eigenvalue weighted by molar-refractivity contribution is 0.0885. The fourth-order valence-electron chi connectivity index (χ4n) is 4.46. The van der Waals surface area contributed by atoms with Gasteiger partial charge in [0.15, 0.2) is 5.76 Å². The minimum atomic E-state index is -0.130. The first-order chi connectivity index (χ1) is 11.6. The highest BCUT2D eigenvalue weighted by Crippen LogP contribution is 2.49. The summed E-state index contributed by atoms with van der Waals surface area (Å²) < 4.78 is 7.35. The van der Waals surface area contributed by atoms with Gasteiger partial charge in [-0.1, -0.05) is 18.0 Å². The minimum absolute atomic E-state index is 0.130. The fraction of sp³-hybridized carbons (Fsp3) is 0.556. The number of halogens is 1. The summed E-state index contributed by atoms with van der Waals surface area (Å²) in [7, 11) is 0. The lowest BCUT2D eigenvalue weighted by Gasteiger charge is -2.28. The number of carbonyl (C=O) groups is 1. The SMILES string of the molecule is C[C@@H](NC(=O)c1ccc(Cn2cc(Cl)cn2)o1)[C@H]1C[C@@H]2CC[C@@H]1C2. The van der Waals surface area contributed by atoms with E-state index in [4.69, 9.17) is 16.0 Å². The zero-order chi connectivity index (χ0) is 16.7. The quantitative estimate of drug-likeness (QED) is 0.896. The summed E-state index contributed by atoms with van der Waals surface area (Å²) in [5.41, 5.74) is 0. The van der Waals surface area contributed by atoms with Crippen LogP contribution in [-0.4, -0.2) is 21.7 Å². The maximum atomic E-state index is 12.4. The second-order valence-electron chi connectivity index (χ2n) is 7.22. The smallest absolute Gasteiger partial charge is 0.287 e. The molecule has 2 saturated carbocycles. The molecule has 1 N–H and O–H groups in total. The summed E-state index contributed by atoms with van der Waals surface area (Å²) in [5, 5.41) is 7.82. The summed E-state index contributed by atoms with van der Waals surface area (Å²) >= 11 is 5.85. The van der Waals surface area contributed by atoms with E-state index < -0.39 is 0 Å². The van der Waals surface area contributed by atoms with Gasteiger partial charge in [-0.25, -0.2) is 0 Å². The van der Waals surface area contributed by atoms with Crippen LogP contribution in [0.1, 0.15) is 48.9 Å². The van der Waals surface area contributed by atoms with Gasteiger partial charge in [-0.05, 0) is 56.1 Å². The Hall–Kier alpha value is -1.75. The van der Waals surface area contributed by atoms with Gasteiger partial charge >= 0.3 is 0 Å². The number of aromatic nitrogens is 2. The highest BCUT2D eigenvalue weighted by Gasteiger charge is 2.42. The van der Waals surface area contributed by atoms with E-state index in [1.165, 1.54) is 25.7 Å². The minimum Gasteiger partial charge on any atom is -0.454 e. The largest absolute Gasteiger partial charge is 0.454 e. The van der Waals surface area contributed by atoms with E-state index >= 15 is 0 Å². The normalized spacial score (nSPS) is 26.7. The van der Waals surface area contributed by atoms with Gasteiger partial charge in [0.2, 0.25) is 0 Å². The first-order valence-corrected chi connectivity index (χ1v) is 9.04. The zero-order valence-electron chi connectivity index (χ0n) is 13.7. The standard InChI is InChI=1S/C18H22ClN3O2/c1-11(16-7-12-2-3-13(16)6-12)21-18(23)17-5-4-15(24-17)10-22-9-14(19)8-20-22/h4-5,8-9,11-13,16H,2-3,6-7,10H2,1H3,(H,21,23)/t11-,12-,13-,16-/m1/s1. The van der Waals surface area contributed by atoms with Crippen LogP contribution in [0.2, 0.25) is 5.02 Å². The van der Waals surface area contributed by atoms with Gasteiger partial charge in [0.05, 0.1) is 17.8 Å². The summed E-state index contributed by atoms with van der Waals surface area (Å²) in [6.45, 7) is 2.58. The molecule has 2 fully saturated rings. The monoisotopic (exact) mass is 347 g/mol. The van der Waals surface area contributed by atoms with Crippen molar-refractivity contribution in [3.63, 3.8) is 0 Å². The zero-order valence-corrected chi connectivity index (χ0v) is 14.5. The molecule has 0 spiro atoms. The van der Waals surface area contributed by atoms with Crippen molar-refractivity contribution in [3.05, 3.63) is 41.1 Å². The molecular weight excluding hydrogens is 326 g/mol. The van der Waals surface area contributed by atoms with Crippen LogP contribution in [0.5, 0.6) is 0 Å². The maximum Gasteiger partial charge on any atom is 0.287 e. The van der Waals surface area contributed by atoms with E-state index in [0.717, 1.165) is 11.8 Å². The third-order valence-electron chi connectivity index (χ3n) is 5.60. The number of amides is 1. The van der Waals surface area contributed by atoms with Gasteiger partial charge in [0.25, 0.3) is 5.91 Å². The molecule has 6 heteroatoms. The number of carbonyl (C=O) groups excluding carboxylic acids is 1. The van der Waals surface area contributed by atoms with E-state index in [1.807, 2.05) is 6.07 Å². The average molecular weight is 348 g/mol. The van der Waals surface area contributed by atoms with Gasteiger partial charge < -0.3 is 9.73 Å². The molecular formula is C18H22ClN3O2. The molecule has 2 aliphatic rings. The predicted octanol–water partition coefficient (Wildman–Crippen LogP) is 3.73. The molecule has 24 heavy (non-hydrogen) atoms. The molecule has 2 aliphatic carbocycles. The molecule has 0 unspecified atom stereocenters. The Labute approximate surface area is 146 Å². The van der Waals surface area contributed by atoms with E-state index in [2.05, 4.69) is 17.3 Å². The lowest BCUT2D eigenvalue weighted by Crippen LogP contribution is -2.40. The number of hydrogen-bond acceptors (Lipinski definition) is 3. The molecule has 0 saturated heterocycles. The molecule has 2 heterocycles. The summed E-state index contributed by atoms with van der Waals surface area (Å²) in [6.07, 6.45) is 8.61. The number of fused-ring (bicyclic) bond motifs is 2. The summed E-state index contributed by atoms with van der Waals surface area (Å²) in [5.74, 6) is 3.21. The molecule has 128 valence electrons. The molecule has 2 aromatic heterocycles. The van der Waals surface area contributed by atoms with Crippen molar-refractivity contribution in [3.8, 4) is 0 Å². The van der Waals surface area contributed by atoms with Crippen molar-refractivity contribution in [1.82, 2.24) is 15.1 Å². The number of nitrogens with zero attached hydrogens (tertiary/aromatic N) is 2. The molecule has 2 aromatic rings. The fourth-order valence-corrected chi connectivity index (χ4v) is 4.62. The van der Waals surface area contributed by atoms with Gasteiger partial charge in [-0.15, -0.1) is 0 Å². The van der Waals surface area contributed by atoms with E-state index in [9.17, 15) is 4.79 Å². The lowest BCUT2D eigenvalue weighted by atomic mass is 9.84. The topological polar surface area (TPSA) is 60.1 Å². The van der Waals surface area contributed by atoms with Crippen LogP contribution in [0.25, 0.3) is 0 Å². The van der Waals surface area contributed by atoms with E-state index in [0.29, 0.717) is 29.0 Å². The highest BCUT2D eigenvalue weighted by molar-refractivity contribution is 6.30. The highest BCUT2D eigenvalue weighted by atomic mass is 35.5. The van der Waals surface area contributed by atoms with E-state index in [1.54, 1.807) is 23.1 Å². The predicted molar refractivity (Wildman–Crippen MR) is 90.9 cm³/mol. The average Bonchev–Trinajstić information content (AvgIpc) is 3.31. The van der Waals surface area contributed by atoms with Gasteiger partial charge in [0.1, 0.15) is 5.76 Å². The molecule has 0 radical (unpaired) electrons. The summed E-state index contributed by atoms with van der Waals surface area (Å²) in [6, 6.07) is 3.74. The van der Waals surface area contributed by atoms with Crippen LogP contribution in [0, 0.1) is 17.8 Å². The maximum absolute atomic E-state index is 12.4. The molecule has 2 bridgehead atoms.